The first-order chi connectivity index (χ1) is 16.2. The molecule has 2 heterocycles. The first-order valence-corrected chi connectivity index (χ1v) is 13.8. The minimum Gasteiger partial charge on any atom is -0.370 e. The number of nitrogens with zero attached hydrogens (tertiary/aromatic N) is 2. The van der Waals surface area contributed by atoms with Crippen LogP contribution in [0.4, 0.5) is 21.5 Å². The minimum atomic E-state index is -3.60. The maximum absolute atomic E-state index is 13.6. The van der Waals surface area contributed by atoms with E-state index < -0.39 is 10.0 Å². The molecular weight excluding hydrogens is 471 g/mol. The third-order valence-electron chi connectivity index (χ3n) is 6.80. The lowest BCUT2D eigenvalue weighted by Crippen LogP contribution is -2.38. The number of halogens is 1. The molecular formula is C25H33FN4O2S2. The standard InChI is InChI=1S/C25H33FN4O2S2/c1-18-8-12-29(13-9-18)24-7-6-22(34(31,32)30-14-10-19(2)11-15-30)17-23(24)28-25(33)27-21-5-3-4-20(26)16-21/h3-7,16-19H,8-15H2,1-2H3,(H2,27,28,33). The summed E-state index contributed by atoms with van der Waals surface area (Å²) in [6.45, 7) is 7.29. The summed E-state index contributed by atoms with van der Waals surface area (Å²) in [5, 5.41) is 6.46. The summed E-state index contributed by atoms with van der Waals surface area (Å²) in [6.07, 6.45) is 3.90. The Bertz CT molecular complexity index is 1130. The summed E-state index contributed by atoms with van der Waals surface area (Å²) in [4.78, 5) is 2.53. The normalized spacial score (nSPS) is 18.6. The van der Waals surface area contributed by atoms with Crippen molar-refractivity contribution in [2.24, 2.45) is 11.8 Å². The van der Waals surface area contributed by atoms with Gasteiger partial charge in [-0.25, -0.2) is 12.8 Å². The van der Waals surface area contributed by atoms with E-state index in [9.17, 15) is 12.8 Å². The van der Waals surface area contributed by atoms with Crippen LogP contribution in [0.1, 0.15) is 39.5 Å². The van der Waals surface area contributed by atoms with Crippen LogP contribution in [0.5, 0.6) is 0 Å². The molecule has 6 nitrogen and oxygen atoms in total. The Balaban J connectivity index is 1.61. The molecule has 2 aromatic carbocycles. The first-order valence-electron chi connectivity index (χ1n) is 11.9. The van der Waals surface area contributed by atoms with Gasteiger partial charge in [-0.2, -0.15) is 4.31 Å². The Hall–Kier alpha value is -2.23. The number of hydrogen-bond donors (Lipinski definition) is 2. The number of sulfonamides is 1. The van der Waals surface area contributed by atoms with Gasteiger partial charge in [0, 0.05) is 31.9 Å². The number of benzene rings is 2. The van der Waals surface area contributed by atoms with E-state index in [2.05, 4.69) is 29.4 Å². The fraction of sp³-hybridized carbons (Fsp3) is 0.480. The zero-order chi connectivity index (χ0) is 24.3. The van der Waals surface area contributed by atoms with Gasteiger partial charge < -0.3 is 15.5 Å². The SMILES string of the molecule is CC1CCN(c2ccc(S(=O)(=O)N3CCC(C)CC3)cc2NC(=S)Nc2cccc(F)c2)CC1. The second-order valence-corrected chi connectivity index (χ2v) is 11.9. The molecule has 0 saturated carbocycles. The van der Waals surface area contributed by atoms with Crippen molar-refractivity contribution >= 4 is 44.4 Å². The van der Waals surface area contributed by atoms with Gasteiger partial charge in [0.25, 0.3) is 0 Å². The molecule has 2 aliphatic heterocycles. The van der Waals surface area contributed by atoms with Crippen molar-refractivity contribution in [3.63, 3.8) is 0 Å². The second kappa shape index (κ2) is 10.6. The van der Waals surface area contributed by atoms with Crippen molar-refractivity contribution in [2.75, 3.05) is 41.7 Å². The Morgan fingerprint density at radius 2 is 1.59 bits per heavy atom. The quantitative estimate of drug-likeness (QED) is 0.540. The van der Waals surface area contributed by atoms with E-state index in [0.717, 1.165) is 44.5 Å². The predicted molar refractivity (Wildman–Crippen MR) is 140 cm³/mol. The number of thiocarbonyl (C=S) groups is 1. The van der Waals surface area contributed by atoms with Gasteiger partial charge in [0.05, 0.1) is 16.3 Å². The summed E-state index contributed by atoms with van der Waals surface area (Å²) in [5.74, 6) is 0.850. The predicted octanol–water partition coefficient (Wildman–Crippen LogP) is 5.29. The lowest BCUT2D eigenvalue weighted by atomic mass is 9.98. The van der Waals surface area contributed by atoms with Crippen molar-refractivity contribution in [1.29, 1.82) is 0 Å². The largest absolute Gasteiger partial charge is 0.370 e. The Morgan fingerprint density at radius 1 is 0.941 bits per heavy atom. The molecule has 34 heavy (non-hydrogen) atoms. The molecule has 0 unspecified atom stereocenters. The second-order valence-electron chi connectivity index (χ2n) is 9.52. The molecule has 0 amide bonds. The van der Waals surface area contributed by atoms with Gasteiger partial charge >= 0.3 is 0 Å². The van der Waals surface area contributed by atoms with Crippen LogP contribution < -0.4 is 15.5 Å². The van der Waals surface area contributed by atoms with Crippen LogP contribution in [0, 0.1) is 17.7 Å². The summed E-state index contributed by atoms with van der Waals surface area (Å²) >= 11 is 5.49. The topological polar surface area (TPSA) is 64.7 Å². The van der Waals surface area contributed by atoms with Crippen LogP contribution in [-0.2, 0) is 10.0 Å². The van der Waals surface area contributed by atoms with Crippen LogP contribution in [0.25, 0.3) is 0 Å². The van der Waals surface area contributed by atoms with E-state index in [-0.39, 0.29) is 15.8 Å². The zero-order valence-corrected chi connectivity index (χ0v) is 21.4. The molecule has 0 atom stereocenters. The highest BCUT2D eigenvalue weighted by atomic mass is 32.2. The molecule has 184 valence electrons. The average Bonchev–Trinajstić information content (AvgIpc) is 2.80. The number of anilines is 3. The smallest absolute Gasteiger partial charge is 0.243 e. The van der Waals surface area contributed by atoms with Crippen molar-refractivity contribution in [3.05, 3.63) is 48.3 Å². The highest BCUT2D eigenvalue weighted by Gasteiger charge is 2.29. The minimum absolute atomic E-state index is 0.257. The molecule has 0 aromatic heterocycles. The van der Waals surface area contributed by atoms with Gasteiger partial charge in [0.1, 0.15) is 5.82 Å². The van der Waals surface area contributed by atoms with Crippen molar-refractivity contribution < 1.29 is 12.8 Å². The van der Waals surface area contributed by atoms with E-state index in [1.54, 1.807) is 28.6 Å². The van der Waals surface area contributed by atoms with Gasteiger partial charge in [-0.1, -0.05) is 19.9 Å². The van der Waals surface area contributed by atoms with Crippen LogP contribution >= 0.6 is 12.2 Å². The molecule has 9 heteroatoms. The van der Waals surface area contributed by atoms with Gasteiger partial charge in [-0.15, -0.1) is 0 Å². The first kappa shape index (κ1) is 24.9. The van der Waals surface area contributed by atoms with Gasteiger partial charge in [-0.05, 0) is 86.1 Å². The summed E-state index contributed by atoms with van der Waals surface area (Å²) in [7, 11) is -3.60. The van der Waals surface area contributed by atoms with Crippen LogP contribution in [0.15, 0.2) is 47.4 Å². The molecule has 4 rings (SSSR count). The molecule has 0 bridgehead atoms. The van der Waals surface area contributed by atoms with E-state index >= 15 is 0 Å². The highest BCUT2D eigenvalue weighted by Crippen LogP contribution is 2.34. The van der Waals surface area contributed by atoms with Crippen LogP contribution in [0.2, 0.25) is 0 Å². The molecule has 2 N–H and O–H groups in total. The number of piperidine rings is 2. The van der Waals surface area contributed by atoms with E-state index in [1.165, 1.54) is 12.1 Å². The highest BCUT2D eigenvalue weighted by molar-refractivity contribution is 7.89. The van der Waals surface area contributed by atoms with Crippen LogP contribution in [-0.4, -0.2) is 44.0 Å². The lowest BCUT2D eigenvalue weighted by molar-refractivity contribution is 0.288. The Kier molecular flexibility index (Phi) is 7.74. The molecule has 2 aliphatic rings. The molecule has 0 aliphatic carbocycles. The lowest BCUT2D eigenvalue weighted by Gasteiger charge is -2.34. The maximum atomic E-state index is 13.6. The van der Waals surface area contributed by atoms with Gasteiger partial charge in [0.2, 0.25) is 10.0 Å². The molecule has 2 saturated heterocycles. The third kappa shape index (κ3) is 5.87. The number of rotatable bonds is 5. The van der Waals surface area contributed by atoms with E-state index in [1.807, 2.05) is 6.07 Å². The van der Waals surface area contributed by atoms with E-state index in [0.29, 0.717) is 36.3 Å². The number of nitrogens with one attached hydrogen (secondary N) is 2. The average molecular weight is 505 g/mol. The molecule has 2 aromatic rings. The van der Waals surface area contributed by atoms with Crippen LogP contribution in [0.3, 0.4) is 0 Å². The maximum Gasteiger partial charge on any atom is 0.243 e. The van der Waals surface area contributed by atoms with E-state index in [4.69, 9.17) is 12.2 Å². The zero-order valence-electron chi connectivity index (χ0n) is 19.8. The fourth-order valence-corrected chi connectivity index (χ4v) is 6.25. The van der Waals surface area contributed by atoms with Crippen molar-refractivity contribution in [3.8, 4) is 0 Å². The molecule has 0 spiro atoms. The Morgan fingerprint density at radius 3 is 2.24 bits per heavy atom. The van der Waals surface area contributed by atoms with Gasteiger partial charge in [0.15, 0.2) is 5.11 Å². The number of hydrogen-bond acceptors (Lipinski definition) is 4. The van der Waals surface area contributed by atoms with Crippen molar-refractivity contribution in [1.82, 2.24) is 4.31 Å². The molecule has 2 fully saturated rings. The van der Waals surface area contributed by atoms with Gasteiger partial charge in [-0.3, -0.25) is 0 Å². The monoisotopic (exact) mass is 504 g/mol. The third-order valence-corrected chi connectivity index (χ3v) is 8.90. The fourth-order valence-electron chi connectivity index (χ4n) is 4.53. The van der Waals surface area contributed by atoms with Crippen molar-refractivity contribution in [2.45, 2.75) is 44.4 Å². The molecule has 0 radical (unpaired) electrons. The summed E-state index contributed by atoms with van der Waals surface area (Å²) in [6, 6.07) is 11.3. The summed E-state index contributed by atoms with van der Waals surface area (Å²) < 4.78 is 41.9. The summed E-state index contributed by atoms with van der Waals surface area (Å²) in [5.41, 5.74) is 2.08. The Labute approximate surface area is 207 Å².